The third kappa shape index (κ3) is 7.06. The predicted octanol–water partition coefficient (Wildman–Crippen LogP) is 3.99. The summed E-state index contributed by atoms with van der Waals surface area (Å²) < 4.78 is 1.87. The van der Waals surface area contributed by atoms with E-state index in [0.29, 0.717) is 0 Å². The van der Waals surface area contributed by atoms with Gasteiger partial charge in [-0.15, -0.1) is 24.0 Å². The topological polar surface area (TPSA) is 57.5 Å². The van der Waals surface area contributed by atoms with Crippen LogP contribution in [0.5, 0.6) is 0 Å². The molecular weight excluding hydrogens is 511 g/mol. The lowest BCUT2D eigenvalue weighted by atomic mass is 10.1. The van der Waals surface area contributed by atoms with Crippen LogP contribution in [0.25, 0.3) is 5.69 Å². The molecule has 0 radical (unpaired) electrons. The summed E-state index contributed by atoms with van der Waals surface area (Å²) in [5.74, 6) is 0.828. The number of guanidine groups is 1. The lowest BCUT2D eigenvalue weighted by Gasteiger charge is -2.15. The average Bonchev–Trinajstić information content (AvgIpc) is 3.52. The van der Waals surface area contributed by atoms with Gasteiger partial charge in [0.25, 0.3) is 0 Å². The van der Waals surface area contributed by atoms with Crippen LogP contribution in [-0.2, 0) is 19.5 Å². The summed E-state index contributed by atoms with van der Waals surface area (Å²) in [6.45, 7) is 5.14. The van der Waals surface area contributed by atoms with Crippen molar-refractivity contribution >= 4 is 29.9 Å². The van der Waals surface area contributed by atoms with Crippen molar-refractivity contribution in [1.29, 1.82) is 0 Å². The molecule has 1 aliphatic rings. The molecule has 0 aliphatic carbocycles. The van der Waals surface area contributed by atoms with Crippen molar-refractivity contribution in [1.82, 2.24) is 25.3 Å². The average molecular weight is 544 g/mol. The molecule has 2 aromatic carbocycles. The minimum Gasteiger partial charge on any atom is -0.356 e. The molecule has 0 atom stereocenters. The number of aliphatic imine (C=N–C) groups is 1. The summed E-state index contributed by atoms with van der Waals surface area (Å²) in [6, 6.07) is 19.4. The number of hydrogen-bond donors (Lipinski definition) is 2. The van der Waals surface area contributed by atoms with E-state index in [4.69, 9.17) is 0 Å². The van der Waals surface area contributed by atoms with Gasteiger partial charge < -0.3 is 10.6 Å². The van der Waals surface area contributed by atoms with Gasteiger partial charge in [0.05, 0.1) is 5.69 Å². The van der Waals surface area contributed by atoms with Gasteiger partial charge in [-0.3, -0.25) is 9.89 Å². The zero-order valence-corrected chi connectivity index (χ0v) is 21.0. The molecule has 6 nitrogen and oxygen atoms in total. The highest BCUT2D eigenvalue weighted by Gasteiger charge is 2.11. The molecule has 170 valence electrons. The van der Waals surface area contributed by atoms with Crippen LogP contribution in [0.2, 0.25) is 0 Å². The summed E-state index contributed by atoms with van der Waals surface area (Å²) in [5.41, 5.74) is 5.02. The van der Waals surface area contributed by atoms with Gasteiger partial charge in [-0.25, -0.2) is 4.68 Å². The Labute approximate surface area is 208 Å². The van der Waals surface area contributed by atoms with Gasteiger partial charge in [0, 0.05) is 39.1 Å². The van der Waals surface area contributed by atoms with Crippen molar-refractivity contribution < 1.29 is 0 Å². The quantitative estimate of drug-likeness (QED) is 0.256. The minimum atomic E-state index is 0. The zero-order chi connectivity index (χ0) is 21.3. The Bertz CT molecular complexity index is 945. The first-order chi connectivity index (χ1) is 15.3. The molecule has 1 fully saturated rings. The highest BCUT2D eigenvalue weighted by Crippen LogP contribution is 2.13. The molecule has 32 heavy (non-hydrogen) atoms. The van der Waals surface area contributed by atoms with Gasteiger partial charge in [-0.05, 0) is 67.2 Å². The Kier molecular flexibility index (Phi) is 9.55. The van der Waals surface area contributed by atoms with Gasteiger partial charge in [-0.1, -0.05) is 36.4 Å². The second-order valence-corrected chi connectivity index (χ2v) is 8.02. The number of rotatable bonds is 8. The van der Waals surface area contributed by atoms with Gasteiger partial charge >= 0.3 is 0 Å². The highest BCUT2D eigenvalue weighted by molar-refractivity contribution is 14.0. The van der Waals surface area contributed by atoms with Crippen molar-refractivity contribution in [3.63, 3.8) is 0 Å². The lowest BCUT2D eigenvalue weighted by molar-refractivity contribution is 0.331. The zero-order valence-electron chi connectivity index (χ0n) is 18.7. The molecule has 0 bridgehead atoms. The Morgan fingerprint density at radius 3 is 2.28 bits per heavy atom. The maximum absolute atomic E-state index is 4.34. The van der Waals surface area contributed by atoms with E-state index in [9.17, 15) is 0 Å². The molecular formula is C25H33IN6. The van der Waals surface area contributed by atoms with Gasteiger partial charge in [0.15, 0.2) is 5.96 Å². The molecule has 3 aromatic rings. The summed E-state index contributed by atoms with van der Waals surface area (Å²) in [7, 11) is 1.81. The monoisotopic (exact) mass is 544 g/mol. The van der Waals surface area contributed by atoms with Gasteiger partial charge in [0.2, 0.25) is 0 Å². The van der Waals surface area contributed by atoms with Crippen LogP contribution in [-0.4, -0.2) is 47.3 Å². The molecule has 2 N–H and O–H groups in total. The third-order valence-corrected chi connectivity index (χ3v) is 5.72. The summed E-state index contributed by atoms with van der Waals surface area (Å²) in [4.78, 5) is 6.88. The van der Waals surface area contributed by atoms with Crippen LogP contribution in [0, 0.1) is 0 Å². The first-order valence-electron chi connectivity index (χ1n) is 11.1. The van der Waals surface area contributed by atoms with Crippen molar-refractivity contribution in [3.8, 4) is 5.69 Å². The van der Waals surface area contributed by atoms with Gasteiger partial charge in [-0.2, -0.15) is 5.10 Å². The lowest BCUT2D eigenvalue weighted by Crippen LogP contribution is -2.37. The first kappa shape index (κ1) is 24.3. The fourth-order valence-electron chi connectivity index (χ4n) is 3.93. The SMILES string of the molecule is CN=C(NCCc1ccc(-n2cccn2)cc1)NCc1ccc(CN2CCCC2)cc1.I. The first-order valence-corrected chi connectivity index (χ1v) is 11.1. The normalized spacial score (nSPS) is 14.2. The van der Waals surface area contributed by atoms with Crippen LogP contribution in [0.15, 0.2) is 72.0 Å². The van der Waals surface area contributed by atoms with Crippen molar-refractivity contribution in [3.05, 3.63) is 83.7 Å². The van der Waals surface area contributed by atoms with Crippen LogP contribution >= 0.6 is 24.0 Å². The van der Waals surface area contributed by atoms with Crippen LogP contribution < -0.4 is 10.6 Å². The van der Waals surface area contributed by atoms with E-state index in [-0.39, 0.29) is 24.0 Å². The van der Waals surface area contributed by atoms with E-state index >= 15 is 0 Å². The number of nitrogens with zero attached hydrogens (tertiary/aromatic N) is 4. The third-order valence-electron chi connectivity index (χ3n) is 5.72. The Morgan fingerprint density at radius 2 is 1.62 bits per heavy atom. The maximum atomic E-state index is 4.34. The fraction of sp³-hybridized carbons (Fsp3) is 0.360. The Hall–Kier alpha value is -2.39. The summed E-state index contributed by atoms with van der Waals surface area (Å²) >= 11 is 0. The van der Waals surface area contributed by atoms with E-state index in [0.717, 1.165) is 37.7 Å². The molecule has 0 spiro atoms. The van der Waals surface area contributed by atoms with E-state index in [1.807, 2.05) is 24.0 Å². The molecule has 0 amide bonds. The molecule has 0 saturated carbocycles. The van der Waals surface area contributed by atoms with E-state index in [2.05, 4.69) is 74.2 Å². The molecule has 0 unspecified atom stereocenters. The van der Waals surface area contributed by atoms with Crippen LogP contribution in [0.1, 0.15) is 29.5 Å². The number of hydrogen-bond acceptors (Lipinski definition) is 3. The van der Waals surface area contributed by atoms with Crippen molar-refractivity contribution in [2.24, 2.45) is 4.99 Å². The fourth-order valence-corrected chi connectivity index (χ4v) is 3.93. The maximum Gasteiger partial charge on any atom is 0.191 e. The smallest absolute Gasteiger partial charge is 0.191 e. The van der Waals surface area contributed by atoms with Crippen LogP contribution in [0.3, 0.4) is 0 Å². The second-order valence-electron chi connectivity index (χ2n) is 8.02. The van der Waals surface area contributed by atoms with E-state index < -0.39 is 0 Å². The summed E-state index contributed by atoms with van der Waals surface area (Å²) in [6.07, 6.45) is 7.35. The largest absolute Gasteiger partial charge is 0.356 e. The van der Waals surface area contributed by atoms with E-state index in [1.165, 1.54) is 42.6 Å². The van der Waals surface area contributed by atoms with Crippen molar-refractivity contribution in [2.75, 3.05) is 26.7 Å². The standard InChI is InChI=1S/C25H32N6.HI/c1-26-25(27-15-13-21-9-11-24(12-10-21)31-18-4-14-29-31)28-19-22-5-7-23(8-6-22)20-30-16-2-3-17-30;/h4-12,14,18H,2-3,13,15-17,19-20H2,1H3,(H2,26,27,28);1H. The highest BCUT2D eigenvalue weighted by atomic mass is 127. The molecule has 1 saturated heterocycles. The second kappa shape index (κ2) is 12.6. The molecule has 4 rings (SSSR count). The minimum absolute atomic E-state index is 0. The Balaban J connectivity index is 0.00000289. The molecule has 7 heteroatoms. The Morgan fingerprint density at radius 1 is 0.938 bits per heavy atom. The number of aromatic nitrogens is 2. The predicted molar refractivity (Wildman–Crippen MR) is 142 cm³/mol. The number of likely N-dealkylation sites (tertiary alicyclic amines) is 1. The number of halogens is 1. The molecule has 1 aromatic heterocycles. The number of benzene rings is 2. The molecule has 1 aliphatic heterocycles. The van der Waals surface area contributed by atoms with Crippen LogP contribution in [0.4, 0.5) is 0 Å². The van der Waals surface area contributed by atoms with Gasteiger partial charge in [0.1, 0.15) is 0 Å². The van der Waals surface area contributed by atoms with Crippen molar-refractivity contribution in [2.45, 2.75) is 32.4 Å². The van der Waals surface area contributed by atoms with E-state index in [1.54, 1.807) is 6.20 Å². The number of nitrogens with one attached hydrogen (secondary N) is 2. The summed E-state index contributed by atoms with van der Waals surface area (Å²) in [5, 5.41) is 11.1. The molecule has 2 heterocycles.